The van der Waals surface area contributed by atoms with Gasteiger partial charge in [-0.25, -0.2) is 0 Å². The van der Waals surface area contributed by atoms with Crippen molar-refractivity contribution in [2.24, 2.45) is 0 Å². The number of alkyl halides is 1. The number of hydrogen-bond donors (Lipinski definition) is 2. The first kappa shape index (κ1) is 10.2. The molecule has 1 unspecified atom stereocenters. The lowest BCUT2D eigenvalue weighted by Gasteiger charge is -2.04. The van der Waals surface area contributed by atoms with E-state index in [0.717, 1.165) is 11.9 Å². The molecule has 0 aromatic heterocycles. The number of aliphatic hydroxyl groups excluding tert-OH is 1. The van der Waals surface area contributed by atoms with Gasteiger partial charge in [0.15, 0.2) is 0 Å². The Hall–Kier alpha value is 0.1000. The molecule has 3 nitrogen and oxygen atoms in total. The molecule has 12 heavy (non-hydrogen) atoms. The molecule has 1 atom stereocenters. The third-order valence-electron chi connectivity index (χ3n) is 1.70. The van der Waals surface area contributed by atoms with Crippen molar-refractivity contribution in [3.63, 3.8) is 0 Å². The molecule has 0 aromatic rings. The minimum Gasteiger partial charge on any atom is -0.394 e. The number of ether oxygens (including phenoxy) is 1. The van der Waals surface area contributed by atoms with Crippen LogP contribution in [0.1, 0.15) is 0 Å². The highest BCUT2D eigenvalue weighted by atomic mass is 79.9. The summed E-state index contributed by atoms with van der Waals surface area (Å²) in [7, 11) is 0. The van der Waals surface area contributed by atoms with Crippen LogP contribution >= 0.6 is 15.9 Å². The van der Waals surface area contributed by atoms with Gasteiger partial charge in [0.05, 0.1) is 19.8 Å². The largest absolute Gasteiger partial charge is 0.394 e. The second-order valence-corrected chi connectivity index (χ2v) is 3.32. The van der Waals surface area contributed by atoms with Crippen molar-refractivity contribution in [1.29, 1.82) is 0 Å². The maximum absolute atomic E-state index is 8.49. The Morgan fingerprint density at radius 3 is 3.00 bits per heavy atom. The summed E-state index contributed by atoms with van der Waals surface area (Å²) >= 11 is 3.35. The summed E-state index contributed by atoms with van der Waals surface area (Å²) < 4.78 is 5.22. The van der Waals surface area contributed by atoms with Crippen molar-refractivity contribution in [2.45, 2.75) is 6.04 Å². The Kier molecular flexibility index (Phi) is 4.83. The van der Waals surface area contributed by atoms with E-state index in [1.807, 2.05) is 0 Å². The van der Waals surface area contributed by atoms with Gasteiger partial charge < -0.3 is 15.2 Å². The molecule has 0 amide bonds. The Morgan fingerprint density at radius 1 is 1.75 bits per heavy atom. The lowest BCUT2D eigenvalue weighted by Crippen LogP contribution is -2.08. The number of nitrogens with one attached hydrogen (secondary N) is 1. The van der Waals surface area contributed by atoms with Crippen molar-refractivity contribution in [1.82, 2.24) is 5.32 Å². The van der Waals surface area contributed by atoms with Crippen LogP contribution in [-0.4, -0.2) is 42.8 Å². The summed E-state index contributed by atoms with van der Waals surface area (Å²) in [4.78, 5) is 0. The lowest BCUT2D eigenvalue weighted by atomic mass is 10.2. The number of allylic oxidation sites excluding steroid dienone is 1. The third kappa shape index (κ3) is 3.67. The fourth-order valence-corrected chi connectivity index (χ4v) is 1.39. The van der Waals surface area contributed by atoms with Gasteiger partial charge in [-0.05, 0) is 5.57 Å². The SMILES string of the molecule is OCCOC/C(=C/CBr)C1CN1. The van der Waals surface area contributed by atoms with Crippen LogP contribution in [-0.2, 0) is 4.74 Å². The lowest BCUT2D eigenvalue weighted by molar-refractivity contribution is 0.107. The predicted molar refractivity (Wildman–Crippen MR) is 51.6 cm³/mol. The van der Waals surface area contributed by atoms with Crippen LogP contribution < -0.4 is 5.32 Å². The average Bonchev–Trinajstić information content (AvgIpc) is 2.86. The van der Waals surface area contributed by atoms with Crippen molar-refractivity contribution in [2.75, 3.05) is 31.7 Å². The van der Waals surface area contributed by atoms with Gasteiger partial charge in [-0.1, -0.05) is 22.0 Å². The monoisotopic (exact) mass is 235 g/mol. The molecule has 0 radical (unpaired) electrons. The molecule has 0 aromatic carbocycles. The van der Waals surface area contributed by atoms with E-state index in [1.165, 1.54) is 5.57 Å². The van der Waals surface area contributed by atoms with Gasteiger partial charge in [-0.15, -0.1) is 0 Å². The number of halogens is 1. The summed E-state index contributed by atoms with van der Waals surface area (Å²) in [5.74, 6) is 0. The third-order valence-corrected chi connectivity index (χ3v) is 2.02. The Morgan fingerprint density at radius 2 is 2.50 bits per heavy atom. The quantitative estimate of drug-likeness (QED) is 0.301. The van der Waals surface area contributed by atoms with E-state index in [9.17, 15) is 0 Å². The summed E-state index contributed by atoms with van der Waals surface area (Å²) in [6, 6.07) is 0.515. The van der Waals surface area contributed by atoms with Crippen LogP contribution in [0.2, 0.25) is 0 Å². The van der Waals surface area contributed by atoms with Crippen LogP contribution in [0.5, 0.6) is 0 Å². The molecule has 1 heterocycles. The van der Waals surface area contributed by atoms with Crippen molar-refractivity contribution in [3.05, 3.63) is 11.6 Å². The van der Waals surface area contributed by atoms with Gasteiger partial charge in [0, 0.05) is 17.9 Å². The second-order valence-electron chi connectivity index (χ2n) is 2.67. The van der Waals surface area contributed by atoms with E-state index in [1.54, 1.807) is 0 Å². The summed E-state index contributed by atoms with van der Waals surface area (Å²) in [6.45, 7) is 2.21. The number of aliphatic hydroxyl groups is 1. The van der Waals surface area contributed by atoms with Gasteiger partial charge in [-0.3, -0.25) is 0 Å². The molecule has 2 N–H and O–H groups in total. The molecule has 1 aliphatic rings. The maximum atomic E-state index is 8.49. The normalized spacial score (nSPS) is 22.8. The zero-order valence-electron chi connectivity index (χ0n) is 6.92. The number of hydrogen-bond acceptors (Lipinski definition) is 3. The Bertz CT molecular complexity index is 157. The zero-order chi connectivity index (χ0) is 8.81. The highest BCUT2D eigenvalue weighted by Gasteiger charge is 2.24. The molecule has 1 saturated heterocycles. The molecule has 1 fully saturated rings. The minimum absolute atomic E-state index is 0.0969. The second kappa shape index (κ2) is 5.70. The molecule has 1 aliphatic heterocycles. The molecule has 0 saturated carbocycles. The molecule has 0 spiro atoms. The van der Waals surface area contributed by atoms with Gasteiger partial charge in [0.2, 0.25) is 0 Å². The predicted octanol–water partition coefficient (Wildman–Crippen LogP) is 0.288. The van der Waals surface area contributed by atoms with E-state index in [-0.39, 0.29) is 6.61 Å². The number of rotatable bonds is 6. The summed E-state index contributed by atoms with van der Waals surface area (Å²) in [5, 5.41) is 12.6. The van der Waals surface area contributed by atoms with E-state index in [0.29, 0.717) is 19.3 Å². The molecule has 0 aliphatic carbocycles. The summed E-state index contributed by atoms with van der Waals surface area (Å²) in [5.41, 5.74) is 1.28. The van der Waals surface area contributed by atoms with Crippen LogP contribution in [0.3, 0.4) is 0 Å². The van der Waals surface area contributed by atoms with Gasteiger partial charge in [-0.2, -0.15) is 0 Å². The molecular formula is C8H14BrNO2. The fourth-order valence-electron chi connectivity index (χ4n) is 0.977. The van der Waals surface area contributed by atoms with Crippen LogP contribution in [0, 0.1) is 0 Å². The van der Waals surface area contributed by atoms with Crippen molar-refractivity contribution < 1.29 is 9.84 Å². The Balaban J connectivity index is 2.19. The molecule has 4 heteroatoms. The van der Waals surface area contributed by atoms with Crippen LogP contribution in [0.25, 0.3) is 0 Å². The molecule has 0 bridgehead atoms. The van der Waals surface area contributed by atoms with E-state index in [4.69, 9.17) is 9.84 Å². The molecule has 70 valence electrons. The fraction of sp³-hybridized carbons (Fsp3) is 0.750. The highest BCUT2D eigenvalue weighted by Crippen LogP contribution is 2.11. The highest BCUT2D eigenvalue weighted by molar-refractivity contribution is 9.09. The maximum Gasteiger partial charge on any atom is 0.0702 e. The Labute approximate surface area is 80.9 Å². The van der Waals surface area contributed by atoms with E-state index < -0.39 is 0 Å². The van der Waals surface area contributed by atoms with Crippen molar-refractivity contribution >= 4 is 15.9 Å². The van der Waals surface area contributed by atoms with Gasteiger partial charge in [0.1, 0.15) is 0 Å². The average molecular weight is 236 g/mol. The first-order valence-electron chi connectivity index (χ1n) is 4.05. The first-order valence-corrected chi connectivity index (χ1v) is 5.17. The smallest absolute Gasteiger partial charge is 0.0702 e. The van der Waals surface area contributed by atoms with Gasteiger partial charge in [0.25, 0.3) is 0 Å². The minimum atomic E-state index is 0.0969. The topological polar surface area (TPSA) is 51.4 Å². The zero-order valence-corrected chi connectivity index (χ0v) is 8.51. The van der Waals surface area contributed by atoms with Crippen molar-refractivity contribution in [3.8, 4) is 0 Å². The van der Waals surface area contributed by atoms with Crippen LogP contribution in [0.4, 0.5) is 0 Å². The first-order chi connectivity index (χ1) is 5.88. The standard InChI is InChI=1S/C8H14BrNO2/c9-2-1-7(8-5-10-8)6-12-4-3-11/h1,8,10-11H,2-6H2/b7-1-. The van der Waals surface area contributed by atoms with Gasteiger partial charge >= 0.3 is 0 Å². The molecule has 1 rings (SSSR count). The summed E-state index contributed by atoms with van der Waals surface area (Å²) in [6.07, 6.45) is 2.11. The van der Waals surface area contributed by atoms with E-state index >= 15 is 0 Å². The molecular weight excluding hydrogens is 222 g/mol. The van der Waals surface area contributed by atoms with E-state index in [2.05, 4.69) is 27.3 Å². The van der Waals surface area contributed by atoms with Crippen LogP contribution in [0.15, 0.2) is 11.6 Å².